The van der Waals surface area contributed by atoms with Crippen molar-refractivity contribution in [1.29, 1.82) is 0 Å². The molecule has 0 unspecified atom stereocenters. The van der Waals surface area contributed by atoms with E-state index in [1.54, 1.807) is 24.3 Å². The van der Waals surface area contributed by atoms with Crippen molar-refractivity contribution in [2.24, 2.45) is 5.41 Å². The average Bonchev–Trinajstić information content (AvgIpc) is 2.58. The second-order valence-electron chi connectivity index (χ2n) is 6.55. The Morgan fingerprint density at radius 1 is 0.840 bits per heavy atom. The Labute approximate surface area is 164 Å². The van der Waals surface area contributed by atoms with Crippen molar-refractivity contribution in [3.63, 3.8) is 0 Å². The second-order valence-corrected chi connectivity index (χ2v) is 8.38. The molecule has 4 nitrogen and oxygen atoms in total. The monoisotopic (exact) mass is 466 g/mol. The first-order valence-corrected chi connectivity index (χ1v) is 9.43. The number of benzene rings is 2. The molecular formula is C19H20Br2N2O2. The number of carbonyl (C=O) groups excluding carboxylic acids is 2. The molecule has 6 heteroatoms. The Hall–Kier alpha value is -1.66. The van der Waals surface area contributed by atoms with Crippen LogP contribution in [0.5, 0.6) is 0 Å². The van der Waals surface area contributed by atoms with E-state index in [9.17, 15) is 9.59 Å². The van der Waals surface area contributed by atoms with Crippen LogP contribution in [0.25, 0.3) is 0 Å². The van der Waals surface area contributed by atoms with Crippen molar-refractivity contribution in [2.45, 2.75) is 13.8 Å². The van der Waals surface area contributed by atoms with E-state index in [-0.39, 0.29) is 17.2 Å². The summed E-state index contributed by atoms with van der Waals surface area (Å²) in [6, 6.07) is 14.5. The van der Waals surface area contributed by atoms with E-state index in [0.717, 1.165) is 8.95 Å². The molecule has 0 aliphatic rings. The molecule has 0 atom stereocenters. The van der Waals surface area contributed by atoms with Gasteiger partial charge >= 0.3 is 0 Å². The fraction of sp³-hybridized carbons (Fsp3) is 0.263. The van der Waals surface area contributed by atoms with Crippen LogP contribution in [0.3, 0.4) is 0 Å². The zero-order valence-electron chi connectivity index (χ0n) is 14.1. The molecule has 2 rings (SSSR count). The molecule has 2 aromatic carbocycles. The van der Waals surface area contributed by atoms with E-state index < -0.39 is 0 Å². The van der Waals surface area contributed by atoms with Crippen LogP contribution in [0.15, 0.2) is 57.5 Å². The second kappa shape index (κ2) is 8.63. The van der Waals surface area contributed by atoms with Crippen molar-refractivity contribution < 1.29 is 9.59 Å². The van der Waals surface area contributed by atoms with Crippen molar-refractivity contribution in [3.05, 3.63) is 68.6 Å². The van der Waals surface area contributed by atoms with E-state index >= 15 is 0 Å². The topological polar surface area (TPSA) is 58.2 Å². The number of nitrogens with one attached hydrogen (secondary N) is 2. The third kappa shape index (κ3) is 6.29. The zero-order valence-corrected chi connectivity index (χ0v) is 17.3. The summed E-state index contributed by atoms with van der Waals surface area (Å²) >= 11 is 6.72. The molecule has 2 N–H and O–H groups in total. The number of rotatable bonds is 6. The lowest BCUT2D eigenvalue weighted by atomic mass is 9.93. The van der Waals surface area contributed by atoms with Crippen LogP contribution in [0.4, 0.5) is 0 Å². The summed E-state index contributed by atoms with van der Waals surface area (Å²) in [4.78, 5) is 24.4. The zero-order chi connectivity index (χ0) is 18.4. The van der Waals surface area contributed by atoms with Gasteiger partial charge < -0.3 is 10.6 Å². The van der Waals surface area contributed by atoms with E-state index in [0.29, 0.717) is 24.2 Å². The molecule has 0 fully saturated rings. The van der Waals surface area contributed by atoms with Crippen molar-refractivity contribution >= 4 is 43.7 Å². The van der Waals surface area contributed by atoms with Crippen molar-refractivity contribution in [3.8, 4) is 0 Å². The van der Waals surface area contributed by atoms with Gasteiger partial charge in [-0.05, 0) is 41.8 Å². The maximum Gasteiger partial charge on any atom is 0.251 e. The van der Waals surface area contributed by atoms with Gasteiger partial charge in [-0.3, -0.25) is 9.59 Å². The maximum atomic E-state index is 12.2. The van der Waals surface area contributed by atoms with Crippen LogP contribution < -0.4 is 10.6 Å². The number of halogens is 2. The lowest BCUT2D eigenvalue weighted by Gasteiger charge is -2.25. The molecule has 132 valence electrons. The van der Waals surface area contributed by atoms with Gasteiger partial charge in [0.25, 0.3) is 11.8 Å². The van der Waals surface area contributed by atoms with Gasteiger partial charge in [0.15, 0.2) is 0 Å². The smallest absolute Gasteiger partial charge is 0.251 e. The highest BCUT2D eigenvalue weighted by molar-refractivity contribution is 9.10. The Morgan fingerprint density at radius 2 is 1.24 bits per heavy atom. The van der Waals surface area contributed by atoms with E-state index in [2.05, 4.69) is 42.5 Å². The molecule has 0 aliphatic carbocycles. The third-order valence-electron chi connectivity index (χ3n) is 3.63. The third-order valence-corrected chi connectivity index (χ3v) is 4.62. The van der Waals surface area contributed by atoms with Gasteiger partial charge in [-0.25, -0.2) is 0 Å². The van der Waals surface area contributed by atoms with E-state index in [4.69, 9.17) is 0 Å². The summed E-state index contributed by atoms with van der Waals surface area (Å²) in [5, 5.41) is 5.84. The number of carbonyl (C=O) groups is 2. The molecule has 0 aliphatic heterocycles. The molecule has 0 bridgehead atoms. The van der Waals surface area contributed by atoms with Gasteiger partial charge in [0, 0.05) is 33.2 Å². The molecule has 0 saturated heterocycles. The van der Waals surface area contributed by atoms with Gasteiger partial charge in [-0.1, -0.05) is 57.8 Å². The van der Waals surface area contributed by atoms with Gasteiger partial charge in [0.05, 0.1) is 0 Å². The number of hydrogen-bond acceptors (Lipinski definition) is 2. The molecule has 0 aromatic heterocycles. The first-order chi connectivity index (χ1) is 11.8. The number of hydrogen-bond donors (Lipinski definition) is 2. The normalized spacial score (nSPS) is 11.0. The van der Waals surface area contributed by atoms with Crippen LogP contribution in [0.2, 0.25) is 0 Å². The van der Waals surface area contributed by atoms with Crippen molar-refractivity contribution in [1.82, 2.24) is 10.6 Å². The van der Waals surface area contributed by atoms with Crippen LogP contribution in [-0.2, 0) is 0 Å². The van der Waals surface area contributed by atoms with Gasteiger partial charge in [-0.15, -0.1) is 0 Å². The quantitative estimate of drug-likeness (QED) is 0.661. The van der Waals surface area contributed by atoms with Crippen LogP contribution in [-0.4, -0.2) is 24.9 Å². The molecule has 0 saturated carbocycles. The summed E-state index contributed by atoms with van der Waals surface area (Å²) < 4.78 is 1.72. The van der Waals surface area contributed by atoms with E-state index in [1.807, 2.05) is 38.1 Å². The Morgan fingerprint density at radius 3 is 1.60 bits per heavy atom. The summed E-state index contributed by atoms with van der Waals surface area (Å²) in [7, 11) is 0. The summed E-state index contributed by atoms with van der Waals surface area (Å²) in [5.74, 6) is -0.264. The van der Waals surface area contributed by atoms with Gasteiger partial charge in [-0.2, -0.15) is 0 Å². The van der Waals surface area contributed by atoms with Crippen LogP contribution in [0.1, 0.15) is 34.6 Å². The van der Waals surface area contributed by atoms with Crippen LogP contribution >= 0.6 is 31.9 Å². The summed E-state index contributed by atoms with van der Waals surface area (Å²) in [6.07, 6.45) is 0. The lowest BCUT2D eigenvalue weighted by Crippen LogP contribution is -2.42. The molecule has 0 radical (unpaired) electrons. The predicted octanol–water partition coefficient (Wildman–Crippen LogP) is 4.40. The highest BCUT2D eigenvalue weighted by atomic mass is 79.9. The number of amides is 2. The lowest BCUT2D eigenvalue weighted by molar-refractivity contribution is 0.0920. The SMILES string of the molecule is CC(C)(CNC(=O)c1cccc(Br)c1)CNC(=O)c1cccc(Br)c1. The Bertz CT molecular complexity index is 712. The minimum Gasteiger partial charge on any atom is -0.351 e. The van der Waals surface area contributed by atoms with Gasteiger partial charge in [0.1, 0.15) is 0 Å². The fourth-order valence-corrected chi connectivity index (χ4v) is 2.96. The highest BCUT2D eigenvalue weighted by Gasteiger charge is 2.21. The minimum absolute atomic E-state index is 0.132. The first-order valence-electron chi connectivity index (χ1n) is 7.84. The minimum atomic E-state index is -0.274. The average molecular weight is 468 g/mol. The maximum absolute atomic E-state index is 12.2. The molecule has 0 spiro atoms. The Kier molecular flexibility index (Phi) is 6.79. The Balaban J connectivity index is 1.87. The fourth-order valence-electron chi connectivity index (χ4n) is 2.17. The summed E-state index contributed by atoms with van der Waals surface area (Å²) in [5.41, 5.74) is 0.926. The standard InChI is InChI=1S/C19H20Br2N2O2/c1-19(2,11-22-17(24)13-5-3-7-15(20)9-13)12-23-18(25)14-6-4-8-16(21)10-14/h3-10H,11-12H2,1-2H3,(H,22,24)(H,23,25). The molecule has 2 aromatic rings. The molecular weight excluding hydrogens is 448 g/mol. The predicted molar refractivity (Wildman–Crippen MR) is 107 cm³/mol. The molecule has 0 heterocycles. The molecule has 25 heavy (non-hydrogen) atoms. The first kappa shape index (κ1) is 19.7. The largest absolute Gasteiger partial charge is 0.351 e. The van der Waals surface area contributed by atoms with Gasteiger partial charge in [0.2, 0.25) is 0 Å². The van der Waals surface area contributed by atoms with Crippen molar-refractivity contribution in [2.75, 3.05) is 13.1 Å². The highest BCUT2D eigenvalue weighted by Crippen LogP contribution is 2.15. The summed E-state index contributed by atoms with van der Waals surface area (Å²) in [6.45, 7) is 4.90. The molecule has 2 amide bonds. The van der Waals surface area contributed by atoms with Crippen LogP contribution in [0, 0.1) is 5.41 Å². The van der Waals surface area contributed by atoms with E-state index in [1.165, 1.54) is 0 Å².